The van der Waals surface area contributed by atoms with E-state index in [0.717, 1.165) is 28.3 Å². The van der Waals surface area contributed by atoms with Crippen LogP contribution in [0.25, 0.3) is 0 Å². The number of aromatic nitrogens is 2. The molecule has 0 unspecified atom stereocenters. The summed E-state index contributed by atoms with van der Waals surface area (Å²) in [6.07, 6.45) is 2.48. The monoisotopic (exact) mass is 363 g/mol. The number of nitrogens with zero attached hydrogens (tertiary/aromatic N) is 2. The maximum Gasteiger partial charge on any atom is 0.268 e. The molecular formula is C22H25N3O2. The van der Waals surface area contributed by atoms with Crippen LogP contribution in [0.4, 0.5) is 0 Å². The highest BCUT2D eigenvalue weighted by Crippen LogP contribution is 2.19. The fourth-order valence-corrected chi connectivity index (χ4v) is 3.24. The predicted octanol–water partition coefficient (Wildman–Crippen LogP) is 3.53. The summed E-state index contributed by atoms with van der Waals surface area (Å²) >= 11 is 0. The number of ether oxygens (including phenoxy) is 1. The normalized spacial score (nSPS) is 10.6. The molecule has 0 fully saturated rings. The van der Waals surface area contributed by atoms with Gasteiger partial charge in [0.25, 0.3) is 5.91 Å². The lowest BCUT2D eigenvalue weighted by Gasteiger charge is -2.13. The second-order valence-corrected chi connectivity index (χ2v) is 6.58. The van der Waals surface area contributed by atoms with Crippen molar-refractivity contribution in [1.29, 1.82) is 0 Å². The fraction of sp³-hybridized carbons (Fsp3) is 0.273. The van der Waals surface area contributed by atoms with E-state index in [1.54, 1.807) is 13.3 Å². The third kappa shape index (κ3) is 4.56. The molecule has 1 N–H and O–H groups in total. The van der Waals surface area contributed by atoms with Crippen molar-refractivity contribution in [2.24, 2.45) is 0 Å². The van der Waals surface area contributed by atoms with Gasteiger partial charge in [0.15, 0.2) is 0 Å². The van der Waals surface area contributed by atoms with Gasteiger partial charge in [0.05, 0.1) is 7.11 Å². The van der Waals surface area contributed by atoms with E-state index in [-0.39, 0.29) is 5.91 Å². The quantitative estimate of drug-likeness (QED) is 0.699. The Kier molecular flexibility index (Phi) is 5.91. The molecule has 0 aliphatic carbocycles. The highest BCUT2D eigenvalue weighted by molar-refractivity contribution is 5.94. The number of rotatable bonds is 7. The van der Waals surface area contributed by atoms with Crippen molar-refractivity contribution >= 4 is 5.91 Å². The SMILES string of the molecule is COc1cccc(Cn2c(C)cc(C)c2C(=O)NCCc2ccccn2)c1. The highest BCUT2D eigenvalue weighted by Gasteiger charge is 2.17. The third-order valence-corrected chi connectivity index (χ3v) is 4.58. The molecule has 2 heterocycles. The Morgan fingerprint density at radius 1 is 1.15 bits per heavy atom. The van der Waals surface area contributed by atoms with Crippen LogP contribution in [0.15, 0.2) is 54.7 Å². The van der Waals surface area contributed by atoms with Crippen molar-refractivity contribution < 1.29 is 9.53 Å². The molecule has 0 aliphatic rings. The molecule has 2 aromatic heterocycles. The predicted molar refractivity (Wildman–Crippen MR) is 106 cm³/mol. The van der Waals surface area contributed by atoms with Gasteiger partial charge in [-0.1, -0.05) is 18.2 Å². The van der Waals surface area contributed by atoms with Crippen LogP contribution in [-0.4, -0.2) is 29.1 Å². The molecule has 27 heavy (non-hydrogen) atoms. The third-order valence-electron chi connectivity index (χ3n) is 4.58. The Hall–Kier alpha value is -3.08. The van der Waals surface area contributed by atoms with Gasteiger partial charge in [0, 0.05) is 37.1 Å². The smallest absolute Gasteiger partial charge is 0.268 e. The maximum absolute atomic E-state index is 12.8. The Labute approximate surface area is 160 Å². The maximum atomic E-state index is 12.8. The molecule has 0 bridgehead atoms. The van der Waals surface area contributed by atoms with Crippen LogP contribution >= 0.6 is 0 Å². The molecule has 1 aromatic carbocycles. The summed E-state index contributed by atoms with van der Waals surface area (Å²) in [5.41, 5.74) is 4.81. The highest BCUT2D eigenvalue weighted by atomic mass is 16.5. The van der Waals surface area contributed by atoms with Crippen LogP contribution in [0.3, 0.4) is 0 Å². The minimum Gasteiger partial charge on any atom is -0.497 e. The number of hydrogen-bond acceptors (Lipinski definition) is 3. The molecule has 0 saturated carbocycles. The molecule has 5 nitrogen and oxygen atoms in total. The molecular weight excluding hydrogens is 338 g/mol. The molecule has 3 rings (SSSR count). The number of amides is 1. The topological polar surface area (TPSA) is 56.1 Å². The summed E-state index contributed by atoms with van der Waals surface area (Å²) in [4.78, 5) is 17.1. The van der Waals surface area contributed by atoms with Gasteiger partial charge in [0.2, 0.25) is 0 Å². The van der Waals surface area contributed by atoms with Crippen molar-refractivity contribution in [1.82, 2.24) is 14.9 Å². The van der Waals surface area contributed by atoms with Gasteiger partial charge < -0.3 is 14.6 Å². The molecule has 0 radical (unpaired) electrons. The molecule has 3 aromatic rings. The van der Waals surface area contributed by atoms with Gasteiger partial charge in [-0.2, -0.15) is 0 Å². The fourth-order valence-electron chi connectivity index (χ4n) is 3.24. The van der Waals surface area contributed by atoms with Crippen molar-refractivity contribution in [3.05, 3.63) is 82.9 Å². The summed E-state index contributed by atoms with van der Waals surface area (Å²) in [6.45, 7) is 5.18. The van der Waals surface area contributed by atoms with Gasteiger partial charge in [-0.05, 0) is 55.3 Å². The number of benzene rings is 1. The number of carbonyl (C=O) groups is 1. The molecule has 140 valence electrons. The Bertz CT molecular complexity index is 917. The minimum absolute atomic E-state index is 0.0561. The van der Waals surface area contributed by atoms with Crippen LogP contribution in [0.1, 0.15) is 33.0 Å². The van der Waals surface area contributed by atoms with Gasteiger partial charge in [-0.25, -0.2) is 0 Å². The molecule has 0 atom stereocenters. The largest absolute Gasteiger partial charge is 0.497 e. The zero-order chi connectivity index (χ0) is 19.2. The van der Waals surface area contributed by atoms with Crippen molar-refractivity contribution in [2.75, 3.05) is 13.7 Å². The average molecular weight is 363 g/mol. The Balaban J connectivity index is 1.73. The summed E-state index contributed by atoms with van der Waals surface area (Å²) in [6, 6.07) is 15.8. The number of aryl methyl sites for hydroxylation is 2. The summed E-state index contributed by atoms with van der Waals surface area (Å²) in [5, 5.41) is 3.03. The van der Waals surface area contributed by atoms with Crippen LogP contribution in [0, 0.1) is 13.8 Å². The first-order valence-electron chi connectivity index (χ1n) is 9.06. The number of nitrogens with one attached hydrogen (secondary N) is 1. The van der Waals surface area contributed by atoms with E-state index in [9.17, 15) is 4.79 Å². The van der Waals surface area contributed by atoms with Gasteiger partial charge in [-0.3, -0.25) is 9.78 Å². The first-order valence-corrected chi connectivity index (χ1v) is 9.06. The lowest BCUT2D eigenvalue weighted by molar-refractivity contribution is 0.0944. The van der Waals surface area contributed by atoms with Crippen molar-refractivity contribution in [2.45, 2.75) is 26.8 Å². The summed E-state index contributed by atoms with van der Waals surface area (Å²) < 4.78 is 7.36. The van der Waals surface area contributed by atoms with Gasteiger partial charge in [-0.15, -0.1) is 0 Å². The molecule has 1 amide bonds. The van der Waals surface area contributed by atoms with Crippen molar-refractivity contribution in [3.63, 3.8) is 0 Å². The van der Waals surface area contributed by atoms with Gasteiger partial charge in [0.1, 0.15) is 11.4 Å². The van der Waals surface area contributed by atoms with Crippen LogP contribution in [0.2, 0.25) is 0 Å². The number of carbonyl (C=O) groups excluding carboxylic acids is 1. The Morgan fingerprint density at radius 2 is 2.00 bits per heavy atom. The summed E-state index contributed by atoms with van der Waals surface area (Å²) in [7, 11) is 1.66. The van der Waals surface area contributed by atoms with Crippen LogP contribution in [-0.2, 0) is 13.0 Å². The minimum atomic E-state index is -0.0561. The zero-order valence-corrected chi connectivity index (χ0v) is 16.0. The van der Waals surface area contributed by atoms with E-state index >= 15 is 0 Å². The first kappa shape index (κ1) is 18.7. The molecule has 0 saturated heterocycles. The standard InChI is InChI=1S/C22H25N3O2/c1-16-13-17(2)25(15-18-7-6-9-20(14-18)27-3)21(16)22(26)24-12-10-19-8-4-5-11-23-19/h4-9,11,13-14H,10,12,15H2,1-3H3,(H,24,26). The van der Waals surface area contributed by atoms with E-state index in [4.69, 9.17) is 4.74 Å². The second-order valence-electron chi connectivity index (χ2n) is 6.58. The first-order chi connectivity index (χ1) is 13.1. The number of methoxy groups -OCH3 is 1. The second kappa shape index (κ2) is 8.54. The summed E-state index contributed by atoms with van der Waals surface area (Å²) in [5.74, 6) is 0.759. The Morgan fingerprint density at radius 3 is 2.74 bits per heavy atom. The molecule has 0 aliphatic heterocycles. The lowest BCUT2D eigenvalue weighted by atomic mass is 10.2. The molecule has 0 spiro atoms. The van der Waals surface area contributed by atoms with Crippen LogP contribution < -0.4 is 10.1 Å². The van der Waals surface area contributed by atoms with E-state index in [1.165, 1.54) is 0 Å². The van der Waals surface area contributed by atoms with E-state index in [1.807, 2.05) is 62.4 Å². The van der Waals surface area contributed by atoms with E-state index in [0.29, 0.717) is 25.2 Å². The van der Waals surface area contributed by atoms with Crippen molar-refractivity contribution in [3.8, 4) is 5.75 Å². The van der Waals surface area contributed by atoms with Gasteiger partial charge >= 0.3 is 0 Å². The average Bonchev–Trinajstić information content (AvgIpc) is 2.96. The van der Waals surface area contributed by atoms with E-state index < -0.39 is 0 Å². The molecule has 5 heteroatoms. The number of pyridine rings is 1. The lowest BCUT2D eigenvalue weighted by Crippen LogP contribution is -2.29. The zero-order valence-electron chi connectivity index (χ0n) is 16.0. The van der Waals surface area contributed by atoms with E-state index in [2.05, 4.69) is 14.9 Å². The number of hydrogen-bond donors (Lipinski definition) is 1. The van der Waals surface area contributed by atoms with Crippen LogP contribution in [0.5, 0.6) is 5.75 Å².